The Balaban J connectivity index is 1.59. The molecular weight excluding hydrogens is 520 g/mol. The Hall–Kier alpha value is -2.79. The van der Waals surface area contributed by atoms with Gasteiger partial charge in [-0.15, -0.1) is 0 Å². The molecule has 214 valence electrons. The summed E-state index contributed by atoms with van der Waals surface area (Å²) in [6.45, 7) is 1.01. The van der Waals surface area contributed by atoms with Crippen molar-refractivity contribution in [3.8, 4) is 0 Å². The number of benzene rings is 1. The lowest BCUT2D eigenvalue weighted by Gasteiger charge is -2.28. The van der Waals surface area contributed by atoms with E-state index in [1.807, 2.05) is 18.2 Å². The summed E-state index contributed by atoms with van der Waals surface area (Å²) >= 11 is 0. The number of amides is 2. The highest BCUT2D eigenvalue weighted by Gasteiger charge is 2.40. The summed E-state index contributed by atoms with van der Waals surface area (Å²) in [6.07, 6.45) is 10.4. The molecule has 4 atom stereocenters. The third kappa shape index (κ3) is 7.88. The Labute approximate surface area is 230 Å². The molecule has 1 aromatic rings. The van der Waals surface area contributed by atoms with Crippen LogP contribution in [0.25, 0.3) is 0 Å². The summed E-state index contributed by atoms with van der Waals surface area (Å²) in [6, 6.07) is 7.24. The van der Waals surface area contributed by atoms with Gasteiger partial charge in [-0.3, -0.25) is 14.4 Å². The normalized spacial score (nSPS) is 23.9. The zero-order valence-corrected chi connectivity index (χ0v) is 23.4. The van der Waals surface area contributed by atoms with Gasteiger partial charge in [-0.05, 0) is 31.6 Å². The molecule has 1 aliphatic carbocycles. The number of rotatable bonds is 9. The van der Waals surface area contributed by atoms with Gasteiger partial charge in [0.1, 0.15) is 12.6 Å². The van der Waals surface area contributed by atoms with Gasteiger partial charge in [0, 0.05) is 31.1 Å². The number of sulfonamides is 1. The molecule has 0 radical (unpaired) electrons. The van der Waals surface area contributed by atoms with E-state index in [1.54, 1.807) is 0 Å². The number of carboxylic acid groups (broad SMARTS) is 1. The summed E-state index contributed by atoms with van der Waals surface area (Å²) < 4.78 is 28.0. The van der Waals surface area contributed by atoms with Crippen LogP contribution in [0, 0.1) is 17.8 Å². The molecule has 4 rings (SSSR count). The highest BCUT2D eigenvalue weighted by molar-refractivity contribution is 7.88. The molecule has 0 saturated heterocycles. The Morgan fingerprint density at radius 3 is 2.56 bits per heavy atom. The molecule has 2 heterocycles. The molecule has 11 heteroatoms. The largest absolute Gasteiger partial charge is 0.481 e. The maximum Gasteiger partial charge on any atom is 0.308 e. The van der Waals surface area contributed by atoms with Crippen LogP contribution in [0.15, 0.2) is 24.3 Å². The van der Waals surface area contributed by atoms with Gasteiger partial charge in [0.05, 0.1) is 24.0 Å². The summed E-state index contributed by atoms with van der Waals surface area (Å²) in [7, 11) is -3.65. The standard InChI is InChI=1S/C28H40N4O6S/c1-39(37,38)30-17-23(28(35)36)22(15-19-9-3-4-10-19)26(33)31-24-16-20-18-32(25-12-6-5-11-21(20)25)14-8-2-7-13-29-27(24)34/h5-6,11-12,18-20,22-24,30H,2-4,7-10,13-17H2,1H3,(H2-,29,31,33,34,35,36)/p+1/t20?,22-,23?,24+/m1/s1. The minimum absolute atomic E-state index is 0.0767. The molecule has 4 N–H and O–H groups in total. The monoisotopic (exact) mass is 561 g/mol. The number of aliphatic carboxylic acids is 1. The second kappa shape index (κ2) is 13.0. The minimum atomic E-state index is -3.65. The summed E-state index contributed by atoms with van der Waals surface area (Å²) in [5.74, 6) is -4.13. The zero-order valence-electron chi connectivity index (χ0n) is 22.6. The highest BCUT2D eigenvalue weighted by Crippen LogP contribution is 2.36. The number of nitrogens with zero attached hydrogens (tertiary/aromatic N) is 1. The smallest absolute Gasteiger partial charge is 0.308 e. The molecule has 2 bridgehead atoms. The van der Waals surface area contributed by atoms with Gasteiger partial charge >= 0.3 is 5.97 Å². The van der Waals surface area contributed by atoms with Crippen LogP contribution in [0.1, 0.15) is 69.3 Å². The summed E-state index contributed by atoms with van der Waals surface area (Å²) in [5.41, 5.74) is 2.22. The molecule has 0 aromatic heterocycles. The molecule has 10 nitrogen and oxygen atoms in total. The summed E-state index contributed by atoms with van der Waals surface area (Å²) in [5, 5.41) is 15.9. The van der Waals surface area contributed by atoms with E-state index in [9.17, 15) is 27.9 Å². The van der Waals surface area contributed by atoms with Crippen LogP contribution in [0.5, 0.6) is 0 Å². The molecule has 1 saturated carbocycles. The van der Waals surface area contributed by atoms with Gasteiger partial charge in [0.15, 0.2) is 6.21 Å². The first-order chi connectivity index (χ1) is 18.6. The number of hydrogen-bond acceptors (Lipinski definition) is 5. The van der Waals surface area contributed by atoms with Gasteiger partial charge in [-0.25, -0.2) is 17.7 Å². The lowest BCUT2D eigenvalue weighted by molar-refractivity contribution is -0.433. The van der Waals surface area contributed by atoms with Crippen LogP contribution in [-0.2, 0) is 24.4 Å². The fraction of sp³-hybridized carbons (Fsp3) is 0.643. The predicted octanol–water partition coefficient (Wildman–Crippen LogP) is 2.12. The van der Waals surface area contributed by atoms with Crippen molar-refractivity contribution in [2.75, 3.05) is 25.9 Å². The average Bonchev–Trinajstić information content (AvgIpc) is 3.51. The molecule has 3 aliphatic rings. The molecule has 2 aliphatic heterocycles. The Morgan fingerprint density at radius 1 is 1.10 bits per heavy atom. The van der Waals surface area contributed by atoms with E-state index in [0.29, 0.717) is 19.4 Å². The first-order valence-corrected chi connectivity index (χ1v) is 16.0. The Kier molecular flexibility index (Phi) is 9.76. The maximum absolute atomic E-state index is 13.8. The van der Waals surface area contributed by atoms with Gasteiger partial charge in [0.2, 0.25) is 27.5 Å². The molecule has 1 fully saturated rings. The number of para-hydroxylation sites is 1. The van der Waals surface area contributed by atoms with Crippen LogP contribution < -0.4 is 15.4 Å². The molecule has 2 unspecified atom stereocenters. The number of carbonyl (C=O) groups excluding carboxylic acids is 2. The first-order valence-electron chi connectivity index (χ1n) is 14.1. The summed E-state index contributed by atoms with van der Waals surface area (Å²) in [4.78, 5) is 39.4. The zero-order chi connectivity index (χ0) is 28.0. The third-order valence-corrected chi connectivity index (χ3v) is 8.96. The SMILES string of the molecule is CS(=O)(=O)NCC(C(=O)O)[C@@H](CC1CCCC1)C(=O)N[C@H]1CC2C=[N+](CCCCCNC1=O)c1ccccc12. The molecule has 1 aromatic carbocycles. The fourth-order valence-electron chi connectivity index (χ4n) is 6.21. The highest BCUT2D eigenvalue weighted by atomic mass is 32.2. The van der Waals surface area contributed by atoms with Crippen molar-refractivity contribution in [3.63, 3.8) is 0 Å². The van der Waals surface area contributed by atoms with Gasteiger partial charge in [-0.1, -0.05) is 43.9 Å². The van der Waals surface area contributed by atoms with Crippen molar-refractivity contribution in [1.29, 1.82) is 0 Å². The van der Waals surface area contributed by atoms with Crippen LogP contribution >= 0.6 is 0 Å². The van der Waals surface area contributed by atoms with Crippen LogP contribution in [0.2, 0.25) is 0 Å². The minimum Gasteiger partial charge on any atom is -0.481 e. The van der Waals surface area contributed by atoms with Crippen molar-refractivity contribution in [1.82, 2.24) is 15.4 Å². The Bertz CT molecular complexity index is 1190. The van der Waals surface area contributed by atoms with Crippen LogP contribution in [-0.4, -0.2) is 74.0 Å². The van der Waals surface area contributed by atoms with Crippen LogP contribution in [0.3, 0.4) is 0 Å². The first kappa shape index (κ1) is 29.2. The molecule has 0 spiro atoms. The second-order valence-electron chi connectivity index (χ2n) is 11.2. The number of hydrogen-bond donors (Lipinski definition) is 4. The maximum atomic E-state index is 13.8. The lowest BCUT2D eigenvalue weighted by atomic mass is 9.82. The number of carboxylic acids is 1. The van der Waals surface area contributed by atoms with Gasteiger partial charge in [0.25, 0.3) is 0 Å². The van der Waals surface area contributed by atoms with E-state index < -0.39 is 39.8 Å². The van der Waals surface area contributed by atoms with E-state index in [4.69, 9.17) is 0 Å². The fourth-order valence-corrected chi connectivity index (χ4v) is 6.69. The molecular formula is C28H41N4O6S+. The second-order valence-corrected chi connectivity index (χ2v) is 13.0. The van der Waals surface area contributed by atoms with Crippen molar-refractivity contribution in [2.24, 2.45) is 17.8 Å². The van der Waals surface area contributed by atoms with Gasteiger partial charge < -0.3 is 15.7 Å². The predicted molar refractivity (Wildman–Crippen MR) is 147 cm³/mol. The van der Waals surface area contributed by atoms with E-state index in [0.717, 1.165) is 69.0 Å². The topological polar surface area (TPSA) is 145 Å². The number of nitrogens with one attached hydrogen (secondary N) is 3. The average molecular weight is 562 g/mol. The van der Waals surface area contributed by atoms with E-state index in [1.165, 1.54) is 0 Å². The number of carbonyl (C=O) groups is 3. The molecule has 39 heavy (non-hydrogen) atoms. The quantitative estimate of drug-likeness (QED) is 0.340. The van der Waals surface area contributed by atoms with E-state index in [2.05, 4.69) is 32.2 Å². The third-order valence-electron chi connectivity index (χ3n) is 8.27. The van der Waals surface area contributed by atoms with Crippen molar-refractivity contribution >= 4 is 39.7 Å². The van der Waals surface area contributed by atoms with E-state index in [-0.39, 0.29) is 24.3 Å². The van der Waals surface area contributed by atoms with Crippen molar-refractivity contribution < 1.29 is 32.5 Å². The molecule has 2 amide bonds. The Morgan fingerprint density at radius 2 is 1.85 bits per heavy atom. The van der Waals surface area contributed by atoms with E-state index >= 15 is 0 Å². The van der Waals surface area contributed by atoms with Crippen LogP contribution in [0.4, 0.5) is 5.69 Å². The van der Waals surface area contributed by atoms with Crippen molar-refractivity contribution in [2.45, 2.75) is 69.7 Å². The lowest BCUT2D eigenvalue weighted by Crippen LogP contribution is -2.52. The van der Waals surface area contributed by atoms with Gasteiger partial charge in [-0.2, -0.15) is 0 Å². The number of fused-ring (bicyclic) bond motifs is 4. The van der Waals surface area contributed by atoms with Crippen molar-refractivity contribution in [3.05, 3.63) is 29.8 Å².